The third-order valence-corrected chi connectivity index (χ3v) is 3.05. The van der Waals surface area contributed by atoms with Gasteiger partial charge in [-0.25, -0.2) is 9.97 Å². The molecule has 0 aliphatic rings. The fourth-order valence-corrected chi connectivity index (χ4v) is 2.02. The van der Waals surface area contributed by atoms with E-state index >= 15 is 0 Å². The molecule has 0 bridgehead atoms. The average molecular weight is 262 g/mol. The minimum absolute atomic E-state index is 0.512. The van der Waals surface area contributed by atoms with Crippen LogP contribution in [0.25, 0.3) is 22.6 Å². The van der Waals surface area contributed by atoms with Crippen molar-refractivity contribution in [2.75, 3.05) is 0 Å². The van der Waals surface area contributed by atoms with E-state index in [2.05, 4.69) is 15.0 Å². The van der Waals surface area contributed by atoms with Crippen LogP contribution in [0, 0.1) is 0 Å². The smallest absolute Gasteiger partial charge is 0.159 e. The lowest BCUT2D eigenvalue weighted by Crippen LogP contribution is -1.97. The van der Waals surface area contributed by atoms with E-state index in [9.17, 15) is 0 Å². The van der Waals surface area contributed by atoms with E-state index in [-0.39, 0.29) is 0 Å². The van der Waals surface area contributed by atoms with E-state index in [0.29, 0.717) is 12.4 Å². The molecular formula is C16H14N4. The first-order valence-electron chi connectivity index (χ1n) is 6.39. The molecule has 4 heteroatoms. The van der Waals surface area contributed by atoms with E-state index in [4.69, 9.17) is 5.73 Å². The highest BCUT2D eigenvalue weighted by atomic mass is 14.9. The number of hydrogen-bond acceptors (Lipinski definition) is 4. The molecule has 0 saturated heterocycles. The lowest BCUT2D eigenvalue weighted by Gasteiger charge is -2.05. The molecule has 3 rings (SSSR count). The van der Waals surface area contributed by atoms with Crippen molar-refractivity contribution in [3.63, 3.8) is 0 Å². The highest BCUT2D eigenvalue weighted by Crippen LogP contribution is 2.20. The number of nitrogens with zero attached hydrogens (tertiary/aromatic N) is 3. The van der Waals surface area contributed by atoms with E-state index < -0.39 is 0 Å². The predicted octanol–water partition coefficient (Wildman–Crippen LogP) is 2.66. The number of rotatable bonds is 3. The summed E-state index contributed by atoms with van der Waals surface area (Å²) in [4.78, 5) is 13.0. The molecule has 2 aromatic heterocycles. The number of nitrogens with two attached hydrogens (primary N) is 1. The quantitative estimate of drug-likeness (QED) is 0.788. The van der Waals surface area contributed by atoms with Crippen molar-refractivity contribution in [2.45, 2.75) is 6.54 Å². The minimum atomic E-state index is 0.512. The van der Waals surface area contributed by atoms with Gasteiger partial charge in [-0.3, -0.25) is 4.98 Å². The van der Waals surface area contributed by atoms with Gasteiger partial charge in [0.05, 0.1) is 5.69 Å². The van der Waals surface area contributed by atoms with Crippen LogP contribution in [0.1, 0.15) is 5.56 Å². The van der Waals surface area contributed by atoms with Gasteiger partial charge in [0.15, 0.2) is 5.82 Å². The zero-order chi connectivity index (χ0) is 13.8. The van der Waals surface area contributed by atoms with Crippen molar-refractivity contribution < 1.29 is 0 Å². The molecule has 0 radical (unpaired) electrons. The number of benzene rings is 1. The summed E-state index contributed by atoms with van der Waals surface area (Å²) in [6.07, 6.45) is 5.28. The zero-order valence-electron chi connectivity index (χ0n) is 10.9. The van der Waals surface area contributed by atoms with Gasteiger partial charge in [0.2, 0.25) is 0 Å². The second-order valence-corrected chi connectivity index (χ2v) is 4.41. The summed E-state index contributed by atoms with van der Waals surface area (Å²) < 4.78 is 0. The summed E-state index contributed by atoms with van der Waals surface area (Å²) in [6, 6.07) is 13.7. The van der Waals surface area contributed by atoms with Gasteiger partial charge in [0.25, 0.3) is 0 Å². The first-order valence-corrected chi connectivity index (χ1v) is 6.39. The Hall–Kier alpha value is -2.59. The monoisotopic (exact) mass is 262 g/mol. The first-order chi connectivity index (χ1) is 9.86. The topological polar surface area (TPSA) is 64.7 Å². The zero-order valence-corrected chi connectivity index (χ0v) is 10.9. The Labute approximate surface area is 117 Å². The van der Waals surface area contributed by atoms with Gasteiger partial charge < -0.3 is 5.73 Å². The van der Waals surface area contributed by atoms with Crippen LogP contribution in [0.3, 0.4) is 0 Å². The van der Waals surface area contributed by atoms with Crippen LogP contribution in [0.4, 0.5) is 0 Å². The molecule has 0 saturated carbocycles. The van der Waals surface area contributed by atoms with Gasteiger partial charge in [0, 0.05) is 36.3 Å². The van der Waals surface area contributed by atoms with Crippen molar-refractivity contribution >= 4 is 0 Å². The Morgan fingerprint density at radius 2 is 1.75 bits per heavy atom. The first kappa shape index (κ1) is 12.4. The summed E-state index contributed by atoms with van der Waals surface area (Å²) in [7, 11) is 0. The molecular weight excluding hydrogens is 248 g/mol. The number of hydrogen-bond donors (Lipinski definition) is 1. The Kier molecular flexibility index (Phi) is 3.48. The third-order valence-electron chi connectivity index (χ3n) is 3.05. The van der Waals surface area contributed by atoms with E-state index in [0.717, 1.165) is 22.4 Å². The van der Waals surface area contributed by atoms with E-state index in [1.807, 2.05) is 42.5 Å². The van der Waals surface area contributed by atoms with Crippen LogP contribution in [0.2, 0.25) is 0 Å². The lowest BCUT2D eigenvalue weighted by molar-refractivity contribution is 1.07. The van der Waals surface area contributed by atoms with Crippen LogP contribution < -0.4 is 5.73 Å². The van der Waals surface area contributed by atoms with Gasteiger partial charge in [-0.15, -0.1) is 0 Å². The van der Waals surface area contributed by atoms with Crippen molar-refractivity contribution in [3.05, 3.63) is 66.6 Å². The van der Waals surface area contributed by atoms with E-state index in [1.54, 1.807) is 18.6 Å². The molecule has 0 spiro atoms. The molecule has 0 unspecified atom stereocenters. The molecule has 0 amide bonds. The van der Waals surface area contributed by atoms with Crippen molar-refractivity contribution in [3.8, 4) is 22.6 Å². The minimum Gasteiger partial charge on any atom is -0.326 e. The largest absolute Gasteiger partial charge is 0.326 e. The predicted molar refractivity (Wildman–Crippen MR) is 78.6 cm³/mol. The van der Waals surface area contributed by atoms with Crippen LogP contribution in [-0.2, 0) is 6.54 Å². The molecule has 1 aromatic carbocycles. The second-order valence-electron chi connectivity index (χ2n) is 4.41. The summed E-state index contributed by atoms with van der Waals surface area (Å²) >= 11 is 0. The Morgan fingerprint density at radius 3 is 2.55 bits per heavy atom. The van der Waals surface area contributed by atoms with E-state index in [1.165, 1.54) is 0 Å². The molecule has 2 heterocycles. The average Bonchev–Trinajstić information content (AvgIpc) is 2.56. The summed E-state index contributed by atoms with van der Waals surface area (Å²) in [5, 5.41) is 0. The fraction of sp³-hybridized carbons (Fsp3) is 0.0625. The molecule has 4 nitrogen and oxygen atoms in total. The maximum atomic E-state index is 5.67. The van der Waals surface area contributed by atoms with Crippen LogP contribution in [-0.4, -0.2) is 15.0 Å². The van der Waals surface area contributed by atoms with Crippen molar-refractivity contribution in [2.24, 2.45) is 5.73 Å². The summed E-state index contributed by atoms with van der Waals surface area (Å²) in [5.74, 6) is 0.703. The third kappa shape index (κ3) is 2.55. The highest BCUT2D eigenvalue weighted by molar-refractivity contribution is 5.63. The molecule has 0 aliphatic heterocycles. The van der Waals surface area contributed by atoms with Crippen LogP contribution >= 0.6 is 0 Å². The van der Waals surface area contributed by atoms with Crippen LogP contribution in [0.15, 0.2) is 61.1 Å². The highest BCUT2D eigenvalue weighted by Gasteiger charge is 2.05. The Morgan fingerprint density at radius 1 is 0.900 bits per heavy atom. The lowest BCUT2D eigenvalue weighted by atomic mass is 10.1. The van der Waals surface area contributed by atoms with Crippen molar-refractivity contribution in [1.29, 1.82) is 0 Å². The van der Waals surface area contributed by atoms with Crippen molar-refractivity contribution in [1.82, 2.24) is 15.0 Å². The number of pyridine rings is 1. The molecule has 20 heavy (non-hydrogen) atoms. The fourth-order valence-electron chi connectivity index (χ4n) is 2.02. The normalized spacial score (nSPS) is 10.4. The molecule has 3 aromatic rings. The SMILES string of the molecule is NCc1cccc(-c2nccc(-c3ccncc3)n2)c1. The molecule has 0 atom stereocenters. The van der Waals surface area contributed by atoms with Gasteiger partial charge in [-0.05, 0) is 29.8 Å². The summed E-state index contributed by atoms with van der Waals surface area (Å²) in [6.45, 7) is 0.512. The van der Waals surface area contributed by atoms with Gasteiger partial charge in [0.1, 0.15) is 0 Å². The Balaban J connectivity index is 2.03. The van der Waals surface area contributed by atoms with Crippen LogP contribution in [0.5, 0.6) is 0 Å². The molecule has 0 aliphatic carbocycles. The number of aromatic nitrogens is 3. The standard InChI is InChI=1S/C16H14N4/c17-11-12-2-1-3-14(10-12)16-19-9-6-15(20-16)13-4-7-18-8-5-13/h1-10H,11,17H2. The molecule has 98 valence electrons. The molecule has 0 fully saturated rings. The maximum absolute atomic E-state index is 5.67. The Bertz CT molecular complexity index is 710. The van der Waals surface area contributed by atoms with Gasteiger partial charge in [-0.2, -0.15) is 0 Å². The van der Waals surface area contributed by atoms with Gasteiger partial charge in [-0.1, -0.05) is 18.2 Å². The second kappa shape index (κ2) is 5.59. The summed E-state index contributed by atoms with van der Waals surface area (Å²) in [5.41, 5.74) is 9.63. The molecule has 2 N–H and O–H groups in total. The maximum Gasteiger partial charge on any atom is 0.159 e. The van der Waals surface area contributed by atoms with Gasteiger partial charge >= 0.3 is 0 Å².